The highest BCUT2D eigenvalue weighted by molar-refractivity contribution is 5.99. The molecule has 1 saturated heterocycles. The van der Waals surface area contributed by atoms with Crippen molar-refractivity contribution in [1.82, 2.24) is 20.1 Å². The Morgan fingerprint density at radius 2 is 1.79 bits per heavy atom. The van der Waals surface area contributed by atoms with Gasteiger partial charge in [0.05, 0.1) is 12.3 Å². The predicted octanol–water partition coefficient (Wildman–Crippen LogP) is 5.78. The molecule has 2 atom stereocenters. The highest BCUT2D eigenvalue weighted by atomic mass is 16.5. The number of piperidine rings is 1. The molecule has 3 amide bonds. The Morgan fingerprint density at radius 1 is 1.07 bits per heavy atom. The molecule has 9 nitrogen and oxygen atoms in total. The molecule has 2 aromatic carbocycles. The molecule has 43 heavy (non-hydrogen) atoms. The Kier molecular flexibility index (Phi) is 10.9. The van der Waals surface area contributed by atoms with Crippen LogP contribution in [0.3, 0.4) is 0 Å². The SMILES string of the molecule is CCOc1ccc(CN(C)C)cc1NC(=O)[C@H](NC(=O)N1CCC(C(=O)CC(C)C)CC1)[C@@H](C)c1c[nH]c2ccccc12. The smallest absolute Gasteiger partial charge is 0.318 e. The zero-order chi connectivity index (χ0) is 31.1. The van der Waals surface area contributed by atoms with E-state index in [9.17, 15) is 14.4 Å². The number of amides is 3. The van der Waals surface area contributed by atoms with Gasteiger partial charge in [-0.1, -0.05) is 45.0 Å². The molecule has 232 valence electrons. The van der Waals surface area contributed by atoms with Crippen LogP contribution in [0.1, 0.15) is 64.0 Å². The number of nitrogens with one attached hydrogen (secondary N) is 3. The molecule has 0 saturated carbocycles. The van der Waals surface area contributed by atoms with Crippen LogP contribution < -0.4 is 15.4 Å². The lowest BCUT2D eigenvalue weighted by atomic mass is 9.88. The maximum Gasteiger partial charge on any atom is 0.318 e. The molecular formula is C34H47N5O4. The average Bonchev–Trinajstić information content (AvgIpc) is 3.40. The Hall–Kier alpha value is -3.85. The van der Waals surface area contributed by atoms with E-state index in [1.54, 1.807) is 4.90 Å². The number of urea groups is 1. The van der Waals surface area contributed by atoms with Crippen molar-refractivity contribution >= 4 is 34.3 Å². The van der Waals surface area contributed by atoms with E-state index in [1.807, 2.05) is 76.6 Å². The average molecular weight is 590 g/mol. The lowest BCUT2D eigenvalue weighted by Gasteiger charge is -2.34. The second kappa shape index (κ2) is 14.6. The van der Waals surface area contributed by atoms with Gasteiger partial charge in [0.25, 0.3) is 0 Å². The number of rotatable bonds is 12. The number of hydrogen-bond donors (Lipinski definition) is 3. The lowest BCUT2D eigenvalue weighted by molar-refractivity contribution is -0.124. The van der Waals surface area contributed by atoms with Gasteiger partial charge >= 0.3 is 6.03 Å². The molecule has 0 radical (unpaired) electrons. The van der Waals surface area contributed by atoms with Crippen molar-refractivity contribution in [3.8, 4) is 5.75 Å². The van der Waals surface area contributed by atoms with Crippen LogP contribution in [0, 0.1) is 11.8 Å². The number of anilines is 1. The molecule has 2 heterocycles. The number of hydrogen-bond acceptors (Lipinski definition) is 5. The third-order valence-corrected chi connectivity index (χ3v) is 8.12. The second-order valence-corrected chi connectivity index (χ2v) is 12.3. The first-order chi connectivity index (χ1) is 20.6. The van der Waals surface area contributed by atoms with Gasteiger partial charge in [0.15, 0.2) is 0 Å². The third-order valence-electron chi connectivity index (χ3n) is 8.12. The van der Waals surface area contributed by atoms with Gasteiger partial charge in [-0.2, -0.15) is 0 Å². The van der Waals surface area contributed by atoms with E-state index in [-0.39, 0.29) is 29.6 Å². The molecule has 3 aromatic rings. The molecule has 1 aliphatic rings. The number of H-pyrrole nitrogens is 1. The van der Waals surface area contributed by atoms with E-state index in [1.165, 1.54) is 0 Å². The Labute approximate surface area is 255 Å². The second-order valence-electron chi connectivity index (χ2n) is 12.3. The highest BCUT2D eigenvalue weighted by Crippen LogP contribution is 2.31. The van der Waals surface area contributed by atoms with Gasteiger partial charge in [-0.3, -0.25) is 9.59 Å². The molecule has 9 heteroatoms. The Balaban J connectivity index is 1.57. The zero-order valence-electron chi connectivity index (χ0n) is 26.4. The summed E-state index contributed by atoms with van der Waals surface area (Å²) in [6.07, 6.45) is 3.77. The number of carbonyl (C=O) groups is 3. The summed E-state index contributed by atoms with van der Waals surface area (Å²) in [6.45, 7) is 10.1. The number of fused-ring (bicyclic) bond motifs is 1. The molecule has 4 rings (SSSR count). The van der Waals surface area contributed by atoms with Crippen LogP contribution in [-0.2, 0) is 16.1 Å². The quantitative estimate of drug-likeness (QED) is 0.249. The van der Waals surface area contributed by atoms with E-state index in [4.69, 9.17) is 4.74 Å². The van der Waals surface area contributed by atoms with Gasteiger partial charge in [-0.05, 0) is 69.1 Å². The summed E-state index contributed by atoms with van der Waals surface area (Å²) in [5.74, 6) is 0.507. The van der Waals surface area contributed by atoms with Crippen molar-refractivity contribution in [2.45, 2.75) is 65.5 Å². The van der Waals surface area contributed by atoms with Crippen LogP contribution >= 0.6 is 0 Å². The number of para-hydroxylation sites is 1. The first-order valence-electron chi connectivity index (χ1n) is 15.4. The summed E-state index contributed by atoms with van der Waals surface area (Å²) in [4.78, 5) is 47.4. The zero-order valence-corrected chi connectivity index (χ0v) is 26.4. The largest absolute Gasteiger partial charge is 0.492 e. The number of benzene rings is 2. The van der Waals surface area contributed by atoms with E-state index >= 15 is 0 Å². The number of nitrogens with zero attached hydrogens (tertiary/aromatic N) is 2. The van der Waals surface area contributed by atoms with Crippen molar-refractivity contribution < 1.29 is 19.1 Å². The molecule has 0 spiro atoms. The number of carbonyl (C=O) groups excluding carboxylic acids is 3. The summed E-state index contributed by atoms with van der Waals surface area (Å²) in [6, 6.07) is 12.6. The topological polar surface area (TPSA) is 107 Å². The molecule has 1 aliphatic heterocycles. The summed E-state index contributed by atoms with van der Waals surface area (Å²) < 4.78 is 5.84. The van der Waals surface area contributed by atoms with Crippen molar-refractivity contribution in [2.24, 2.45) is 11.8 Å². The molecule has 0 aliphatic carbocycles. The summed E-state index contributed by atoms with van der Waals surface area (Å²) in [5.41, 5.74) is 3.52. The number of likely N-dealkylation sites (tertiary alicyclic amines) is 1. The van der Waals surface area contributed by atoms with E-state index in [2.05, 4.69) is 34.4 Å². The third kappa shape index (κ3) is 8.16. The normalized spacial score (nSPS) is 15.5. The lowest BCUT2D eigenvalue weighted by Crippen LogP contribution is -2.53. The van der Waals surface area contributed by atoms with Crippen molar-refractivity contribution in [2.75, 3.05) is 39.1 Å². The molecule has 0 bridgehead atoms. The number of aromatic nitrogens is 1. The van der Waals surface area contributed by atoms with Gasteiger partial charge in [0.2, 0.25) is 5.91 Å². The van der Waals surface area contributed by atoms with Gasteiger partial charge in [-0.15, -0.1) is 0 Å². The Bertz CT molecular complexity index is 1410. The first kappa shape index (κ1) is 32.1. The van der Waals surface area contributed by atoms with E-state index in [0.29, 0.717) is 62.9 Å². The van der Waals surface area contributed by atoms with Crippen molar-refractivity contribution in [1.29, 1.82) is 0 Å². The highest BCUT2D eigenvalue weighted by Gasteiger charge is 2.33. The van der Waals surface area contributed by atoms with Gasteiger partial charge in [0, 0.05) is 55.0 Å². The number of aromatic amines is 1. The maximum absolute atomic E-state index is 14.1. The van der Waals surface area contributed by atoms with E-state index < -0.39 is 6.04 Å². The van der Waals surface area contributed by atoms with Crippen LogP contribution in [0.4, 0.5) is 10.5 Å². The molecule has 1 aromatic heterocycles. The standard InChI is InChI=1S/C34H47N5O4/c1-7-43-31-13-12-24(21-38(5)6)19-29(31)36-33(41)32(23(4)27-20-35-28-11-9-8-10-26(27)28)37-34(42)39-16-14-25(15-17-39)30(40)18-22(2)3/h8-13,19-20,22-23,25,32,35H,7,14-18,21H2,1-6H3,(H,36,41)(H,37,42)/t23-,32+/m0/s1. The fourth-order valence-electron chi connectivity index (χ4n) is 5.90. The Morgan fingerprint density at radius 3 is 2.47 bits per heavy atom. The monoisotopic (exact) mass is 589 g/mol. The summed E-state index contributed by atoms with van der Waals surface area (Å²) in [5, 5.41) is 7.15. The number of ether oxygens (including phenoxy) is 1. The minimum atomic E-state index is -0.862. The fraction of sp³-hybridized carbons (Fsp3) is 0.500. The molecule has 3 N–H and O–H groups in total. The van der Waals surface area contributed by atoms with Crippen LogP contribution in [0.25, 0.3) is 10.9 Å². The van der Waals surface area contributed by atoms with Crippen molar-refractivity contribution in [3.63, 3.8) is 0 Å². The van der Waals surface area contributed by atoms with Crippen LogP contribution in [0.5, 0.6) is 5.75 Å². The minimum Gasteiger partial charge on any atom is -0.492 e. The van der Waals surface area contributed by atoms with Gasteiger partial charge in [-0.25, -0.2) is 4.79 Å². The van der Waals surface area contributed by atoms with Gasteiger partial charge in [0.1, 0.15) is 17.6 Å². The molecular weight excluding hydrogens is 542 g/mol. The van der Waals surface area contributed by atoms with Crippen molar-refractivity contribution in [3.05, 3.63) is 59.8 Å². The fourth-order valence-corrected chi connectivity index (χ4v) is 5.90. The van der Waals surface area contributed by atoms with Crippen LogP contribution in [-0.4, -0.2) is 72.3 Å². The first-order valence-corrected chi connectivity index (χ1v) is 15.4. The summed E-state index contributed by atoms with van der Waals surface area (Å²) in [7, 11) is 3.98. The number of Topliss-reactive ketones (excluding diaryl/α,β-unsaturated/α-hetero) is 1. The molecule has 1 fully saturated rings. The van der Waals surface area contributed by atoms with Crippen LogP contribution in [0.15, 0.2) is 48.7 Å². The van der Waals surface area contributed by atoms with Crippen LogP contribution in [0.2, 0.25) is 0 Å². The summed E-state index contributed by atoms with van der Waals surface area (Å²) >= 11 is 0. The van der Waals surface area contributed by atoms with E-state index in [0.717, 1.165) is 22.0 Å². The predicted molar refractivity (Wildman–Crippen MR) is 171 cm³/mol. The minimum absolute atomic E-state index is 0.0119. The van der Waals surface area contributed by atoms with Gasteiger partial charge < -0.3 is 30.2 Å². The number of ketones is 1. The molecule has 0 unspecified atom stereocenters. The maximum atomic E-state index is 14.1.